The van der Waals surface area contributed by atoms with Gasteiger partial charge in [-0.3, -0.25) is 0 Å². The van der Waals surface area contributed by atoms with E-state index in [0.29, 0.717) is 5.88 Å². The van der Waals surface area contributed by atoms with E-state index >= 15 is 0 Å². The van der Waals surface area contributed by atoms with Crippen molar-refractivity contribution in [3.8, 4) is 0 Å². The average molecular weight is 281 g/mol. The van der Waals surface area contributed by atoms with Crippen LogP contribution >= 0.6 is 11.6 Å². The predicted molar refractivity (Wildman–Crippen MR) is 80.3 cm³/mol. The van der Waals surface area contributed by atoms with Crippen molar-refractivity contribution in [3.63, 3.8) is 0 Å². The molecule has 0 saturated carbocycles. The van der Waals surface area contributed by atoms with Gasteiger partial charge in [-0.15, -0.1) is 11.6 Å². The molecule has 2 aromatic rings. The van der Waals surface area contributed by atoms with Crippen molar-refractivity contribution in [1.29, 1.82) is 0 Å². The number of hydrogen-bond donors (Lipinski definition) is 0. The molecular formula is C14H21ClN4. The number of hydrogen-bond acceptors (Lipinski definition) is 3. The summed E-state index contributed by atoms with van der Waals surface area (Å²) >= 11 is 5.93. The Kier molecular flexibility index (Phi) is 3.72. The first-order chi connectivity index (χ1) is 8.84. The summed E-state index contributed by atoms with van der Waals surface area (Å²) in [6.07, 6.45) is 3.66. The van der Waals surface area contributed by atoms with Gasteiger partial charge in [-0.25, -0.2) is 9.50 Å². The molecule has 0 aliphatic rings. The van der Waals surface area contributed by atoms with Gasteiger partial charge in [0.25, 0.3) is 0 Å². The fourth-order valence-corrected chi connectivity index (χ4v) is 2.07. The van der Waals surface area contributed by atoms with Crippen LogP contribution in [0.5, 0.6) is 0 Å². The van der Waals surface area contributed by atoms with E-state index in [1.165, 1.54) is 0 Å². The van der Waals surface area contributed by atoms with Crippen LogP contribution in [0.1, 0.15) is 33.4 Å². The van der Waals surface area contributed by atoms with Crippen LogP contribution in [0, 0.1) is 0 Å². The molecule has 0 aliphatic heterocycles. The Hall–Kier alpha value is -1.29. The molecule has 19 heavy (non-hydrogen) atoms. The fourth-order valence-electron chi connectivity index (χ4n) is 1.86. The van der Waals surface area contributed by atoms with Gasteiger partial charge in [0.15, 0.2) is 5.82 Å². The van der Waals surface area contributed by atoms with Crippen LogP contribution in [-0.4, -0.2) is 33.6 Å². The summed E-state index contributed by atoms with van der Waals surface area (Å²) in [4.78, 5) is 6.57. The minimum atomic E-state index is 0.0277. The van der Waals surface area contributed by atoms with Gasteiger partial charge >= 0.3 is 0 Å². The summed E-state index contributed by atoms with van der Waals surface area (Å²) in [6, 6.07) is 2.34. The number of fused-ring (bicyclic) bond motifs is 1. The first kappa shape index (κ1) is 14.1. The van der Waals surface area contributed by atoms with Crippen LogP contribution in [0.2, 0.25) is 0 Å². The van der Waals surface area contributed by atoms with Gasteiger partial charge in [-0.1, -0.05) is 20.8 Å². The lowest BCUT2D eigenvalue weighted by Gasteiger charge is -2.24. The van der Waals surface area contributed by atoms with Gasteiger partial charge in [0.05, 0.1) is 5.69 Å². The van der Waals surface area contributed by atoms with Crippen LogP contribution in [0.3, 0.4) is 0 Å². The third-order valence-electron chi connectivity index (χ3n) is 3.36. The summed E-state index contributed by atoms with van der Waals surface area (Å²) in [6.45, 7) is 8.56. The number of halogens is 1. The van der Waals surface area contributed by atoms with Crippen molar-refractivity contribution in [2.24, 2.45) is 0 Å². The van der Waals surface area contributed by atoms with Gasteiger partial charge < -0.3 is 4.90 Å². The van der Waals surface area contributed by atoms with E-state index in [-0.39, 0.29) is 11.5 Å². The molecule has 0 bridgehead atoms. The summed E-state index contributed by atoms with van der Waals surface area (Å²) in [5, 5.41) is 4.63. The average Bonchev–Trinajstić information content (AvgIpc) is 2.80. The van der Waals surface area contributed by atoms with E-state index in [9.17, 15) is 0 Å². The highest BCUT2D eigenvalue weighted by atomic mass is 35.5. The monoisotopic (exact) mass is 280 g/mol. The van der Waals surface area contributed by atoms with Crippen LogP contribution in [-0.2, 0) is 5.41 Å². The molecule has 0 spiro atoms. The zero-order valence-corrected chi connectivity index (χ0v) is 12.9. The number of aromatic nitrogens is 3. The Balaban J connectivity index is 2.54. The largest absolute Gasteiger partial charge is 0.354 e. The Labute approximate surface area is 119 Å². The zero-order valence-electron chi connectivity index (χ0n) is 12.2. The number of alkyl halides is 1. The lowest BCUT2D eigenvalue weighted by molar-refractivity contribution is 0.562. The number of nitrogens with zero attached hydrogens (tertiary/aromatic N) is 4. The Morgan fingerprint density at radius 1 is 1.42 bits per heavy atom. The second kappa shape index (κ2) is 5.00. The molecule has 0 aromatic carbocycles. The SMILES string of the molecule is CC(CCl)N(C)c1nccn2nc(C(C)(C)C)cc12. The highest BCUT2D eigenvalue weighted by Crippen LogP contribution is 2.26. The summed E-state index contributed by atoms with van der Waals surface area (Å²) in [5.74, 6) is 1.48. The van der Waals surface area contributed by atoms with Crippen LogP contribution in [0.25, 0.3) is 5.52 Å². The Morgan fingerprint density at radius 3 is 2.68 bits per heavy atom. The molecule has 0 aliphatic carbocycles. The minimum Gasteiger partial charge on any atom is -0.354 e. The van der Waals surface area contributed by atoms with E-state index < -0.39 is 0 Å². The van der Waals surface area contributed by atoms with Crippen LogP contribution in [0.4, 0.5) is 5.82 Å². The quantitative estimate of drug-likeness (QED) is 0.810. The maximum atomic E-state index is 5.93. The second-order valence-electron chi connectivity index (χ2n) is 5.97. The molecule has 2 heterocycles. The standard InChI is InChI=1S/C14H21ClN4/c1-10(9-15)18(5)13-11-8-12(14(2,3)4)17-19(11)7-6-16-13/h6-8,10H,9H2,1-5H3. The van der Waals surface area contributed by atoms with E-state index in [1.54, 1.807) is 6.20 Å². The molecule has 104 valence electrons. The van der Waals surface area contributed by atoms with E-state index in [0.717, 1.165) is 17.0 Å². The van der Waals surface area contributed by atoms with Crippen molar-refractivity contribution in [2.45, 2.75) is 39.2 Å². The van der Waals surface area contributed by atoms with E-state index in [2.05, 4.69) is 48.7 Å². The lowest BCUT2D eigenvalue weighted by atomic mass is 9.92. The molecule has 1 unspecified atom stereocenters. The zero-order chi connectivity index (χ0) is 14.2. The first-order valence-electron chi connectivity index (χ1n) is 6.48. The predicted octanol–water partition coefficient (Wildman–Crippen LogP) is 3.09. The summed E-state index contributed by atoms with van der Waals surface area (Å²) < 4.78 is 1.89. The van der Waals surface area contributed by atoms with Crippen LogP contribution in [0.15, 0.2) is 18.5 Å². The highest BCUT2D eigenvalue weighted by molar-refractivity contribution is 6.18. The van der Waals surface area contributed by atoms with Gasteiger partial charge in [0.2, 0.25) is 0 Å². The molecule has 4 nitrogen and oxygen atoms in total. The molecule has 2 rings (SSSR count). The Morgan fingerprint density at radius 2 is 2.11 bits per heavy atom. The van der Waals surface area contributed by atoms with E-state index in [4.69, 9.17) is 11.6 Å². The third-order valence-corrected chi connectivity index (χ3v) is 3.80. The molecule has 0 N–H and O–H groups in total. The molecule has 2 aromatic heterocycles. The van der Waals surface area contributed by atoms with Crippen molar-refractivity contribution in [3.05, 3.63) is 24.2 Å². The van der Waals surface area contributed by atoms with Gasteiger partial charge in [-0.2, -0.15) is 5.10 Å². The fraction of sp³-hybridized carbons (Fsp3) is 0.571. The molecule has 0 amide bonds. The highest BCUT2D eigenvalue weighted by Gasteiger charge is 2.21. The van der Waals surface area contributed by atoms with Gasteiger partial charge in [0, 0.05) is 36.8 Å². The molecule has 0 radical (unpaired) electrons. The smallest absolute Gasteiger partial charge is 0.154 e. The van der Waals surface area contributed by atoms with Crippen molar-refractivity contribution in [2.75, 3.05) is 17.8 Å². The van der Waals surface area contributed by atoms with Crippen molar-refractivity contribution >= 4 is 22.9 Å². The number of anilines is 1. The Bertz CT molecular complexity index is 570. The molecule has 1 atom stereocenters. The second-order valence-corrected chi connectivity index (χ2v) is 6.28. The topological polar surface area (TPSA) is 33.4 Å². The van der Waals surface area contributed by atoms with E-state index in [1.807, 2.05) is 17.8 Å². The third kappa shape index (κ3) is 2.68. The molecular weight excluding hydrogens is 260 g/mol. The maximum absolute atomic E-state index is 5.93. The van der Waals surface area contributed by atoms with Crippen molar-refractivity contribution in [1.82, 2.24) is 14.6 Å². The molecule has 5 heteroatoms. The van der Waals surface area contributed by atoms with Gasteiger partial charge in [0.1, 0.15) is 5.52 Å². The normalized spacial score (nSPS) is 13.8. The lowest BCUT2D eigenvalue weighted by Crippen LogP contribution is -2.31. The number of rotatable bonds is 3. The first-order valence-corrected chi connectivity index (χ1v) is 7.01. The molecule has 0 fully saturated rings. The summed E-state index contributed by atoms with van der Waals surface area (Å²) in [7, 11) is 2.01. The molecule has 0 saturated heterocycles. The van der Waals surface area contributed by atoms with Crippen LogP contribution < -0.4 is 4.90 Å². The van der Waals surface area contributed by atoms with Gasteiger partial charge in [-0.05, 0) is 13.0 Å². The van der Waals surface area contributed by atoms with Crippen molar-refractivity contribution < 1.29 is 0 Å². The maximum Gasteiger partial charge on any atom is 0.154 e. The summed E-state index contributed by atoms with van der Waals surface area (Å²) in [5.41, 5.74) is 2.11. The minimum absolute atomic E-state index is 0.0277.